The molecule has 1 fully saturated rings. The number of aromatic nitrogens is 2. The van der Waals surface area contributed by atoms with E-state index in [4.69, 9.17) is 10.5 Å². The Kier molecular flexibility index (Phi) is 3.18. The highest BCUT2D eigenvalue weighted by Gasteiger charge is 2.29. The molecule has 0 spiro atoms. The van der Waals surface area contributed by atoms with E-state index in [2.05, 4.69) is 15.5 Å². The minimum absolute atomic E-state index is 0.00658. The first-order chi connectivity index (χ1) is 9.26. The zero-order chi connectivity index (χ0) is 13.2. The summed E-state index contributed by atoms with van der Waals surface area (Å²) in [6.45, 7) is 0.463. The maximum Gasteiger partial charge on any atom is 0.253 e. The van der Waals surface area contributed by atoms with E-state index in [-0.39, 0.29) is 12.0 Å². The number of fused-ring (bicyclic) bond motifs is 1. The van der Waals surface area contributed by atoms with Gasteiger partial charge in [0.25, 0.3) is 5.91 Å². The van der Waals surface area contributed by atoms with Gasteiger partial charge in [0.15, 0.2) is 0 Å². The maximum atomic E-state index is 12.1. The third-order valence-electron chi connectivity index (χ3n) is 3.37. The number of carbonyl (C=O) groups excluding carboxylic acids is 1. The number of benzene rings is 1. The molecule has 4 N–H and O–H groups in total. The van der Waals surface area contributed by atoms with Crippen LogP contribution in [-0.4, -0.2) is 34.9 Å². The molecule has 3 rings (SSSR count). The molecule has 19 heavy (non-hydrogen) atoms. The van der Waals surface area contributed by atoms with E-state index in [0.29, 0.717) is 6.54 Å². The van der Waals surface area contributed by atoms with Crippen LogP contribution >= 0.6 is 0 Å². The molecule has 0 aliphatic carbocycles. The van der Waals surface area contributed by atoms with Crippen LogP contribution in [0.1, 0.15) is 12.8 Å². The first kappa shape index (κ1) is 12.1. The summed E-state index contributed by atoms with van der Waals surface area (Å²) < 4.78 is 5.56. The van der Waals surface area contributed by atoms with Gasteiger partial charge in [0.1, 0.15) is 6.10 Å². The molecular formula is C13H16N4O2. The molecule has 1 aliphatic rings. The molecule has 2 heterocycles. The average Bonchev–Trinajstić information content (AvgIpc) is 3.06. The van der Waals surface area contributed by atoms with Crippen molar-refractivity contribution in [2.75, 3.05) is 11.9 Å². The lowest BCUT2D eigenvalue weighted by Gasteiger charge is -2.12. The summed E-state index contributed by atoms with van der Waals surface area (Å²) in [6, 6.07) is 5.61. The molecule has 1 saturated heterocycles. The lowest BCUT2D eigenvalue weighted by Crippen LogP contribution is -2.29. The standard InChI is InChI=1S/C13H16N4O2/c14-6-10-2-4-12(19-10)13(18)16-9-1-3-11-8(5-9)7-15-17-11/h1,3,5,7,10,12H,2,4,6,14H2,(H,15,17)(H,16,18). The van der Waals surface area contributed by atoms with Gasteiger partial charge in [-0.1, -0.05) is 0 Å². The number of hydrogen-bond acceptors (Lipinski definition) is 4. The topological polar surface area (TPSA) is 93.0 Å². The summed E-state index contributed by atoms with van der Waals surface area (Å²) in [7, 11) is 0. The Morgan fingerprint density at radius 3 is 3.21 bits per heavy atom. The smallest absolute Gasteiger partial charge is 0.253 e. The molecule has 2 unspecified atom stereocenters. The molecule has 1 aliphatic heterocycles. The van der Waals surface area contributed by atoms with Gasteiger partial charge in [-0.05, 0) is 31.0 Å². The highest BCUT2D eigenvalue weighted by molar-refractivity contribution is 5.96. The Bertz CT molecular complexity index is 595. The minimum atomic E-state index is -0.395. The van der Waals surface area contributed by atoms with Crippen LogP contribution in [0.3, 0.4) is 0 Å². The van der Waals surface area contributed by atoms with E-state index in [0.717, 1.165) is 29.4 Å². The number of aromatic amines is 1. The van der Waals surface area contributed by atoms with E-state index in [9.17, 15) is 4.79 Å². The Balaban J connectivity index is 1.68. The van der Waals surface area contributed by atoms with Gasteiger partial charge >= 0.3 is 0 Å². The second kappa shape index (κ2) is 4.99. The van der Waals surface area contributed by atoms with Crippen molar-refractivity contribution in [2.45, 2.75) is 25.0 Å². The largest absolute Gasteiger partial charge is 0.364 e. The lowest BCUT2D eigenvalue weighted by atomic mass is 10.2. The first-order valence-electron chi connectivity index (χ1n) is 6.36. The molecule has 6 nitrogen and oxygen atoms in total. The predicted octanol–water partition coefficient (Wildman–Crippen LogP) is 1.01. The van der Waals surface area contributed by atoms with Crippen LogP contribution in [0.4, 0.5) is 5.69 Å². The quantitative estimate of drug-likeness (QED) is 0.767. The summed E-state index contributed by atoms with van der Waals surface area (Å²) in [5, 5.41) is 10.6. The van der Waals surface area contributed by atoms with Crippen molar-refractivity contribution >= 4 is 22.5 Å². The van der Waals surface area contributed by atoms with E-state index >= 15 is 0 Å². The molecule has 6 heteroatoms. The summed E-state index contributed by atoms with van der Waals surface area (Å²) in [5.41, 5.74) is 7.22. The van der Waals surface area contributed by atoms with Crippen molar-refractivity contribution in [3.63, 3.8) is 0 Å². The molecule has 1 aromatic heterocycles. The van der Waals surface area contributed by atoms with Gasteiger partial charge in [-0.2, -0.15) is 5.10 Å². The van der Waals surface area contributed by atoms with Crippen LogP contribution in [0.15, 0.2) is 24.4 Å². The Labute approximate surface area is 110 Å². The zero-order valence-electron chi connectivity index (χ0n) is 10.4. The molecule has 1 aromatic carbocycles. The third kappa shape index (κ3) is 2.45. The van der Waals surface area contributed by atoms with Gasteiger partial charge in [0, 0.05) is 17.6 Å². The highest BCUT2D eigenvalue weighted by atomic mass is 16.5. The van der Waals surface area contributed by atoms with Crippen LogP contribution in [-0.2, 0) is 9.53 Å². The molecule has 2 aromatic rings. The minimum Gasteiger partial charge on any atom is -0.364 e. The van der Waals surface area contributed by atoms with Crippen molar-refractivity contribution in [1.82, 2.24) is 10.2 Å². The molecule has 0 saturated carbocycles. The molecule has 100 valence electrons. The van der Waals surface area contributed by atoms with Crippen LogP contribution in [0.5, 0.6) is 0 Å². The van der Waals surface area contributed by atoms with Crippen LogP contribution < -0.4 is 11.1 Å². The summed E-state index contributed by atoms with van der Waals surface area (Å²) in [6.07, 6.45) is 2.90. The number of hydrogen-bond donors (Lipinski definition) is 3. The van der Waals surface area contributed by atoms with Crippen molar-refractivity contribution in [2.24, 2.45) is 5.73 Å². The lowest BCUT2D eigenvalue weighted by molar-refractivity contribution is -0.126. The van der Waals surface area contributed by atoms with Gasteiger partial charge in [-0.15, -0.1) is 0 Å². The Hall–Kier alpha value is -1.92. The highest BCUT2D eigenvalue weighted by Crippen LogP contribution is 2.22. The fourth-order valence-electron chi connectivity index (χ4n) is 2.32. The summed E-state index contributed by atoms with van der Waals surface area (Å²) in [4.78, 5) is 12.1. The first-order valence-corrected chi connectivity index (χ1v) is 6.36. The number of H-pyrrole nitrogens is 1. The average molecular weight is 260 g/mol. The van der Waals surface area contributed by atoms with Gasteiger partial charge < -0.3 is 15.8 Å². The fourth-order valence-corrected chi connectivity index (χ4v) is 2.32. The Morgan fingerprint density at radius 1 is 1.53 bits per heavy atom. The number of nitrogens with zero attached hydrogens (tertiary/aromatic N) is 1. The number of amides is 1. The fraction of sp³-hybridized carbons (Fsp3) is 0.385. The predicted molar refractivity (Wildman–Crippen MR) is 71.7 cm³/mol. The number of carbonyl (C=O) groups is 1. The van der Waals surface area contributed by atoms with Crippen LogP contribution in [0, 0.1) is 0 Å². The molecule has 0 bridgehead atoms. The Morgan fingerprint density at radius 2 is 2.42 bits per heavy atom. The molecule has 0 radical (unpaired) electrons. The van der Waals surface area contributed by atoms with Gasteiger partial charge in [0.05, 0.1) is 17.8 Å². The second-order valence-electron chi connectivity index (χ2n) is 4.72. The van der Waals surface area contributed by atoms with Gasteiger partial charge in [-0.3, -0.25) is 9.89 Å². The summed E-state index contributed by atoms with van der Waals surface area (Å²) in [5.74, 6) is -0.112. The SMILES string of the molecule is NCC1CCC(C(=O)Nc2ccc3[nH]ncc3c2)O1. The maximum absolute atomic E-state index is 12.1. The van der Waals surface area contributed by atoms with Gasteiger partial charge in [-0.25, -0.2) is 0 Å². The molecule has 1 amide bonds. The third-order valence-corrected chi connectivity index (χ3v) is 3.37. The number of anilines is 1. The van der Waals surface area contributed by atoms with Crippen molar-refractivity contribution in [1.29, 1.82) is 0 Å². The van der Waals surface area contributed by atoms with Crippen LogP contribution in [0.2, 0.25) is 0 Å². The van der Waals surface area contributed by atoms with E-state index in [1.165, 1.54) is 0 Å². The van der Waals surface area contributed by atoms with Crippen molar-refractivity contribution in [3.8, 4) is 0 Å². The normalized spacial score (nSPS) is 22.8. The second-order valence-corrected chi connectivity index (χ2v) is 4.72. The number of nitrogens with one attached hydrogen (secondary N) is 2. The zero-order valence-corrected chi connectivity index (χ0v) is 10.4. The van der Waals surface area contributed by atoms with Gasteiger partial charge in [0.2, 0.25) is 0 Å². The van der Waals surface area contributed by atoms with Crippen LogP contribution in [0.25, 0.3) is 10.9 Å². The monoisotopic (exact) mass is 260 g/mol. The molecule has 2 atom stereocenters. The van der Waals surface area contributed by atoms with Crippen molar-refractivity contribution in [3.05, 3.63) is 24.4 Å². The summed E-state index contributed by atoms with van der Waals surface area (Å²) >= 11 is 0. The van der Waals surface area contributed by atoms with E-state index < -0.39 is 6.10 Å². The van der Waals surface area contributed by atoms with E-state index in [1.807, 2.05) is 18.2 Å². The number of ether oxygens (including phenoxy) is 1. The van der Waals surface area contributed by atoms with E-state index in [1.54, 1.807) is 6.20 Å². The molecular weight excluding hydrogens is 244 g/mol. The number of rotatable bonds is 3. The number of nitrogens with two attached hydrogens (primary N) is 1. The van der Waals surface area contributed by atoms with Crippen molar-refractivity contribution < 1.29 is 9.53 Å².